The van der Waals surface area contributed by atoms with Crippen LogP contribution >= 0.6 is 0 Å². The van der Waals surface area contributed by atoms with Crippen LogP contribution in [0.25, 0.3) is 0 Å². The average Bonchev–Trinajstić information content (AvgIpc) is 3.15. The molecule has 142 valence electrons. The summed E-state index contributed by atoms with van der Waals surface area (Å²) in [6.07, 6.45) is 1.97. The molecule has 2 N–H and O–H groups in total. The second-order valence-electron chi connectivity index (χ2n) is 8.29. The Hall–Kier alpha value is -2.25. The topological polar surface area (TPSA) is 81.8 Å². The third-order valence-corrected chi connectivity index (χ3v) is 6.31. The van der Waals surface area contributed by atoms with E-state index in [0.29, 0.717) is 24.6 Å². The number of imide groups is 1. The van der Waals surface area contributed by atoms with Crippen molar-refractivity contribution in [3.8, 4) is 0 Å². The van der Waals surface area contributed by atoms with Crippen LogP contribution in [0, 0.1) is 5.92 Å². The van der Waals surface area contributed by atoms with E-state index >= 15 is 0 Å². The lowest BCUT2D eigenvalue weighted by Crippen LogP contribution is -2.52. The lowest BCUT2D eigenvalue weighted by molar-refractivity contribution is -0.136. The lowest BCUT2D eigenvalue weighted by atomic mass is 9.99. The highest BCUT2D eigenvalue weighted by Crippen LogP contribution is 2.29. The normalized spacial score (nSPS) is 30.6. The molecule has 2 bridgehead atoms. The Kier molecular flexibility index (Phi) is 4.02. The highest BCUT2D eigenvalue weighted by molar-refractivity contribution is 6.05. The van der Waals surface area contributed by atoms with E-state index in [1.165, 1.54) is 6.42 Å². The number of carbonyl (C=O) groups excluding carboxylic acids is 3. The van der Waals surface area contributed by atoms with E-state index < -0.39 is 6.04 Å². The highest BCUT2D eigenvalue weighted by Gasteiger charge is 2.39. The highest BCUT2D eigenvalue weighted by atomic mass is 16.2. The SMILES string of the molecule is O=C1CCC(N2Cc3ccc(CN4CC5CNC(C5)C4)cc3C2=O)C(=O)N1. The summed E-state index contributed by atoms with van der Waals surface area (Å²) in [6, 6.07) is 6.17. The van der Waals surface area contributed by atoms with Crippen LogP contribution in [-0.2, 0) is 22.7 Å². The number of likely N-dealkylation sites (tertiary alicyclic amines) is 1. The fourth-order valence-corrected chi connectivity index (χ4v) is 5.02. The van der Waals surface area contributed by atoms with Gasteiger partial charge in [0.15, 0.2) is 0 Å². The number of fused-ring (bicyclic) bond motifs is 3. The van der Waals surface area contributed by atoms with E-state index in [-0.39, 0.29) is 24.1 Å². The fourth-order valence-electron chi connectivity index (χ4n) is 5.02. The number of piperidine rings is 2. The molecule has 0 saturated carbocycles. The minimum atomic E-state index is -0.546. The molecule has 0 radical (unpaired) electrons. The number of nitrogens with one attached hydrogen (secondary N) is 2. The molecule has 0 aliphatic carbocycles. The smallest absolute Gasteiger partial charge is 0.255 e. The maximum atomic E-state index is 12.9. The van der Waals surface area contributed by atoms with E-state index in [9.17, 15) is 14.4 Å². The van der Waals surface area contributed by atoms with Gasteiger partial charge < -0.3 is 10.2 Å². The van der Waals surface area contributed by atoms with E-state index in [2.05, 4.69) is 21.6 Å². The summed E-state index contributed by atoms with van der Waals surface area (Å²) in [5, 5.41) is 5.92. The van der Waals surface area contributed by atoms with Gasteiger partial charge in [0.05, 0.1) is 0 Å². The molecule has 4 heterocycles. The largest absolute Gasteiger partial charge is 0.322 e. The zero-order chi connectivity index (χ0) is 18.5. The molecular weight excluding hydrogens is 344 g/mol. The van der Waals surface area contributed by atoms with Crippen LogP contribution in [0.5, 0.6) is 0 Å². The van der Waals surface area contributed by atoms with Crippen LogP contribution in [-0.4, -0.2) is 59.2 Å². The fraction of sp³-hybridized carbons (Fsp3) is 0.550. The first-order valence-corrected chi connectivity index (χ1v) is 9.79. The van der Waals surface area contributed by atoms with E-state index in [4.69, 9.17) is 0 Å². The molecule has 3 atom stereocenters. The molecule has 0 aromatic heterocycles. The van der Waals surface area contributed by atoms with Crippen LogP contribution in [0.15, 0.2) is 18.2 Å². The van der Waals surface area contributed by atoms with Crippen molar-refractivity contribution >= 4 is 17.7 Å². The molecule has 7 heteroatoms. The van der Waals surface area contributed by atoms with Crippen molar-refractivity contribution in [1.29, 1.82) is 0 Å². The Bertz CT molecular complexity index is 811. The Morgan fingerprint density at radius 3 is 2.85 bits per heavy atom. The molecule has 4 aliphatic rings. The van der Waals surface area contributed by atoms with Crippen molar-refractivity contribution in [1.82, 2.24) is 20.4 Å². The third-order valence-electron chi connectivity index (χ3n) is 6.31. The molecule has 7 nitrogen and oxygen atoms in total. The Morgan fingerprint density at radius 1 is 1.15 bits per heavy atom. The predicted octanol–water partition coefficient (Wildman–Crippen LogP) is 0.241. The average molecular weight is 368 g/mol. The first-order valence-electron chi connectivity index (χ1n) is 9.79. The summed E-state index contributed by atoms with van der Waals surface area (Å²) in [6.45, 7) is 4.58. The van der Waals surface area contributed by atoms with Gasteiger partial charge in [-0.3, -0.25) is 24.6 Å². The zero-order valence-corrected chi connectivity index (χ0v) is 15.2. The summed E-state index contributed by atoms with van der Waals surface area (Å²) < 4.78 is 0. The van der Waals surface area contributed by atoms with Gasteiger partial charge in [0, 0.05) is 44.2 Å². The van der Waals surface area contributed by atoms with Gasteiger partial charge in [0.2, 0.25) is 11.8 Å². The van der Waals surface area contributed by atoms with Gasteiger partial charge in [0.1, 0.15) is 6.04 Å². The monoisotopic (exact) mass is 368 g/mol. The van der Waals surface area contributed by atoms with Crippen LogP contribution in [0.3, 0.4) is 0 Å². The van der Waals surface area contributed by atoms with Gasteiger partial charge in [-0.1, -0.05) is 12.1 Å². The molecular formula is C20H24N4O3. The molecule has 4 aliphatic heterocycles. The molecule has 27 heavy (non-hydrogen) atoms. The van der Waals surface area contributed by atoms with Crippen LogP contribution in [0.1, 0.15) is 40.7 Å². The number of benzene rings is 1. The van der Waals surface area contributed by atoms with Crippen LogP contribution in [0.4, 0.5) is 0 Å². The minimum Gasteiger partial charge on any atom is -0.322 e. The Morgan fingerprint density at radius 2 is 2.04 bits per heavy atom. The van der Waals surface area contributed by atoms with E-state index in [0.717, 1.165) is 43.2 Å². The van der Waals surface area contributed by atoms with Gasteiger partial charge in [-0.05, 0) is 42.5 Å². The molecule has 3 fully saturated rings. The summed E-state index contributed by atoms with van der Waals surface area (Å²) in [4.78, 5) is 40.5. The van der Waals surface area contributed by atoms with Gasteiger partial charge in [-0.15, -0.1) is 0 Å². The minimum absolute atomic E-state index is 0.0956. The van der Waals surface area contributed by atoms with Crippen molar-refractivity contribution in [3.63, 3.8) is 0 Å². The summed E-state index contributed by atoms with van der Waals surface area (Å²) >= 11 is 0. The number of rotatable bonds is 3. The molecule has 3 unspecified atom stereocenters. The summed E-state index contributed by atoms with van der Waals surface area (Å²) in [7, 11) is 0. The second-order valence-corrected chi connectivity index (χ2v) is 8.29. The number of carbonyl (C=O) groups is 3. The molecule has 5 rings (SSSR count). The first-order chi connectivity index (χ1) is 13.1. The zero-order valence-electron chi connectivity index (χ0n) is 15.2. The van der Waals surface area contributed by atoms with Crippen LogP contribution < -0.4 is 10.6 Å². The Balaban J connectivity index is 1.31. The van der Waals surface area contributed by atoms with Crippen molar-refractivity contribution in [3.05, 3.63) is 34.9 Å². The number of hydrogen-bond donors (Lipinski definition) is 2. The quantitative estimate of drug-likeness (QED) is 0.747. The number of nitrogens with zero attached hydrogens (tertiary/aromatic N) is 2. The van der Waals surface area contributed by atoms with Gasteiger partial charge in [0.25, 0.3) is 5.91 Å². The third kappa shape index (κ3) is 3.04. The maximum absolute atomic E-state index is 12.9. The maximum Gasteiger partial charge on any atom is 0.255 e. The van der Waals surface area contributed by atoms with Crippen molar-refractivity contribution in [2.45, 2.75) is 44.4 Å². The second kappa shape index (κ2) is 6.42. The summed E-state index contributed by atoms with van der Waals surface area (Å²) in [5.41, 5.74) is 2.82. The van der Waals surface area contributed by atoms with Crippen molar-refractivity contribution in [2.24, 2.45) is 5.92 Å². The molecule has 1 aromatic rings. The molecule has 3 amide bonds. The van der Waals surface area contributed by atoms with E-state index in [1.807, 2.05) is 12.1 Å². The van der Waals surface area contributed by atoms with Crippen molar-refractivity contribution in [2.75, 3.05) is 19.6 Å². The molecule has 3 saturated heterocycles. The van der Waals surface area contributed by atoms with Gasteiger partial charge >= 0.3 is 0 Å². The standard InChI is InChI=1S/C20H24N4O3/c25-18-4-3-17(19(26)22-18)24-10-14-2-1-12(6-16(14)20(24)27)8-23-9-13-5-15(11-23)21-7-13/h1-2,6,13,15,17,21H,3-5,7-11H2,(H,22,25,26). The predicted molar refractivity (Wildman–Crippen MR) is 97.7 cm³/mol. The summed E-state index contributed by atoms with van der Waals surface area (Å²) in [5.74, 6) is 0.0289. The van der Waals surface area contributed by atoms with E-state index in [1.54, 1.807) is 4.90 Å². The number of amides is 3. The van der Waals surface area contributed by atoms with Crippen molar-refractivity contribution < 1.29 is 14.4 Å². The number of hydrogen-bond acceptors (Lipinski definition) is 5. The molecule has 0 spiro atoms. The van der Waals surface area contributed by atoms with Gasteiger partial charge in [-0.2, -0.15) is 0 Å². The van der Waals surface area contributed by atoms with Crippen LogP contribution in [0.2, 0.25) is 0 Å². The Labute approximate surface area is 158 Å². The first kappa shape index (κ1) is 16.9. The lowest BCUT2D eigenvalue weighted by Gasteiger charge is -2.31. The molecule has 1 aromatic carbocycles. The van der Waals surface area contributed by atoms with Gasteiger partial charge in [-0.25, -0.2) is 0 Å².